The Labute approximate surface area is 100 Å². The van der Waals surface area contributed by atoms with Gasteiger partial charge in [-0.1, -0.05) is 12.1 Å². The number of nitrogens with one attached hydrogen (secondary N) is 3. The molecule has 0 saturated carbocycles. The molecule has 0 radical (unpaired) electrons. The Morgan fingerprint density at radius 3 is 3.00 bits per heavy atom. The fourth-order valence-electron chi connectivity index (χ4n) is 1.79. The van der Waals surface area contributed by atoms with Crippen molar-refractivity contribution in [1.29, 1.82) is 0 Å². The van der Waals surface area contributed by atoms with Gasteiger partial charge in [-0.25, -0.2) is 0 Å². The van der Waals surface area contributed by atoms with Crippen molar-refractivity contribution in [2.24, 2.45) is 0 Å². The molecule has 17 heavy (non-hydrogen) atoms. The maximum Gasteiger partial charge on any atom is 0.236 e. The van der Waals surface area contributed by atoms with E-state index in [2.05, 4.69) is 33.8 Å². The Morgan fingerprint density at radius 1 is 1.41 bits per heavy atom. The van der Waals surface area contributed by atoms with Gasteiger partial charge < -0.3 is 15.6 Å². The molecular weight excluding hydrogens is 214 g/mol. The molecule has 1 atom stereocenters. The lowest BCUT2D eigenvalue weighted by atomic mass is 10.1. The Bertz CT molecular complexity index is 518. The highest BCUT2D eigenvalue weighted by molar-refractivity contribution is 5.81. The van der Waals surface area contributed by atoms with Gasteiger partial charge in [-0.15, -0.1) is 0 Å². The summed E-state index contributed by atoms with van der Waals surface area (Å²) >= 11 is 0. The van der Waals surface area contributed by atoms with Crippen molar-refractivity contribution in [2.75, 3.05) is 7.05 Å². The first-order chi connectivity index (χ1) is 8.20. The lowest BCUT2D eigenvalue weighted by Crippen LogP contribution is -2.40. The molecule has 0 spiro atoms. The lowest BCUT2D eigenvalue weighted by Gasteiger charge is -2.12. The van der Waals surface area contributed by atoms with Crippen LogP contribution in [0.2, 0.25) is 0 Å². The molecule has 4 nitrogen and oxygen atoms in total. The molecule has 0 aliphatic heterocycles. The largest absolute Gasteiger partial charge is 0.361 e. The maximum absolute atomic E-state index is 11.3. The molecule has 3 N–H and O–H groups in total. The van der Waals surface area contributed by atoms with E-state index < -0.39 is 0 Å². The molecular formula is C13H17N3O. The molecule has 0 aliphatic carbocycles. The fraction of sp³-hybridized carbons (Fsp3) is 0.308. The van der Waals surface area contributed by atoms with Gasteiger partial charge in [0.2, 0.25) is 5.91 Å². The van der Waals surface area contributed by atoms with Crippen LogP contribution in [0.15, 0.2) is 30.5 Å². The topological polar surface area (TPSA) is 56.9 Å². The second-order valence-electron chi connectivity index (χ2n) is 4.12. The van der Waals surface area contributed by atoms with Crippen LogP contribution in [0, 0.1) is 0 Å². The Balaban J connectivity index is 2.01. The average Bonchev–Trinajstić information content (AvgIpc) is 2.82. The maximum atomic E-state index is 11.3. The number of hydrogen-bond acceptors (Lipinski definition) is 2. The number of carbonyl (C=O) groups excluding carboxylic acids is 1. The Morgan fingerprint density at radius 2 is 2.24 bits per heavy atom. The molecule has 2 aromatic rings. The first-order valence-electron chi connectivity index (χ1n) is 5.71. The van der Waals surface area contributed by atoms with E-state index in [0.717, 1.165) is 11.1 Å². The van der Waals surface area contributed by atoms with Gasteiger partial charge in [0.15, 0.2) is 0 Å². The van der Waals surface area contributed by atoms with E-state index in [1.807, 2.05) is 19.2 Å². The molecule has 0 saturated heterocycles. The van der Waals surface area contributed by atoms with Gasteiger partial charge in [-0.2, -0.15) is 0 Å². The van der Waals surface area contributed by atoms with Crippen LogP contribution in [0.25, 0.3) is 10.9 Å². The van der Waals surface area contributed by atoms with Crippen LogP contribution < -0.4 is 10.6 Å². The van der Waals surface area contributed by atoms with E-state index in [-0.39, 0.29) is 11.9 Å². The van der Waals surface area contributed by atoms with Crippen molar-refractivity contribution in [3.05, 3.63) is 36.0 Å². The minimum atomic E-state index is -0.181. The van der Waals surface area contributed by atoms with Crippen LogP contribution in [0.4, 0.5) is 0 Å². The summed E-state index contributed by atoms with van der Waals surface area (Å²) in [5, 5.41) is 7.00. The summed E-state index contributed by atoms with van der Waals surface area (Å²) in [4.78, 5) is 14.5. The van der Waals surface area contributed by atoms with E-state index in [9.17, 15) is 4.79 Å². The number of hydrogen-bond donors (Lipinski definition) is 3. The minimum Gasteiger partial charge on any atom is -0.361 e. The SMILES string of the molecule is CNC(=O)C(C)NCc1ccc2cc[nH]c2c1. The van der Waals surface area contributed by atoms with Gasteiger partial charge in [-0.05, 0) is 30.0 Å². The number of carbonyl (C=O) groups is 1. The fourth-order valence-corrected chi connectivity index (χ4v) is 1.79. The summed E-state index contributed by atoms with van der Waals surface area (Å²) in [6, 6.07) is 8.10. The van der Waals surface area contributed by atoms with Gasteiger partial charge in [0, 0.05) is 25.3 Å². The first-order valence-corrected chi connectivity index (χ1v) is 5.71. The van der Waals surface area contributed by atoms with Crippen LogP contribution in [0.1, 0.15) is 12.5 Å². The smallest absolute Gasteiger partial charge is 0.236 e. The highest BCUT2D eigenvalue weighted by Gasteiger charge is 2.09. The van der Waals surface area contributed by atoms with E-state index in [1.54, 1.807) is 7.05 Å². The molecule has 2 rings (SSSR count). The molecule has 0 fully saturated rings. The summed E-state index contributed by atoms with van der Waals surface area (Å²) in [5.41, 5.74) is 2.28. The number of amides is 1. The second kappa shape index (κ2) is 5.01. The summed E-state index contributed by atoms with van der Waals surface area (Å²) in [6.45, 7) is 2.54. The number of aromatic amines is 1. The zero-order chi connectivity index (χ0) is 12.3. The number of H-pyrrole nitrogens is 1. The van der Waals surface area contributed by atoms with E-state index in [4.69, 9.17) is 0 Å². The monoisotopic (exact) mass is 231 g/mol. The predicted molar refractivity (Wildman–Crippen MR) is 68.7 cm³/mol. The number of fused-ring (bicyclic) bond motifs is 1. The van der Waals surface area contributed by atoms with Crippen LogP contribution in [0.3, 0.4) is 0 Å². The second-order valence-corrected chi connectivity index (χ2v) is 4.12. The van der Waals surface area contributed by atoms with Crippen LogP contribution >= 0.6 is 0 Å². The summed E-state index contributed by atoms with van der Waals surface area (Å²) in [5.74, 6) is 0.00551. The molecule has 4 heteroatoms. The molecule has 1 heterocycles. The van der Waals surface area contributed by atoms with Crippen molar-refractivity contribution < 1.29 is 4.79 Å². The normalized spacial score (nSPS) is 12.6. The standard InChI is InChI=1S/C13H17N3O/c1-9(13(17)14-2)16-8-10-3-4-11-5-6-15-12(11)7-10/h3-7,9,15-16H,8H2,1-2H3,(H,14,17). The van der Waals surface area contributed by atoms with Crippen molar-refractivity contribution in [3.63, 3.8) is 0 Å². The third kappa shape index (κ3) is 2.65. The first kappa shape index (κ1) is 11.7. The molecule has 0 bridgehead atoms. The third-order valence-electron chi connectivity index (χ3n) is 2.87. The van der Waals surface area contributed by atoms with Crippen LogP contribution in [-0.2, 0) is 11.3 Å². The molecule has 90 valence electrons. The summed E-state index contributed by atoms with van der Waals surface area (Å²) < 4.78 is 0. The Hall–Kier alpha value is -1.81. The van der Waals surface area contributed by atoms with Crippen molar-refractivity contribution in [1.82, 2.24) is 15.6 Å². The highest BCUT2D eigenvalue weighted by Crippen LogP contribution is 2.13. The molecule has 1 aromatic carbocycles. The number of likely N-dealkylation sites (N-methyl/N-ethyl adjacent to an activating group) is 1. The van der Waals surface area contributed by atoms with Gasteiger partial charge in [0.25, 0.3) is 0 Å². The van der Waals surface area contributed by atoms with Crippen molar-refractivity contribution in [2.45, 2.75) is 19.5 Å². The number of aromatic nitrogens is 1. The predicted octanol–water partition coefficient (Wildman–Crippen LogP) is 1.39. The lowest BCUT2D eigenvalue weighted by molar-refractivity contribution is -0.122. The van der Waals surface area contributed by atoms with Gasteiger partial charge in [0.1, 0.15) is 0 Å². The molecule has 1 unspecified atom stereocenters. The van der Waals surface area contributed by atoms with Crippen LogP contribution in [0.5, 0.6) is 0 Å². The quantitative estimate of drug-likeness (QED) is 0.745. The number of rotatable bonds is 4. The Kier molecular flexibility index (Phi) is 3.44. The number of benzene rings is 1. The van der Waals surface area contributed by atoms with E-state index in [0.29, 0.717) is 6.54 Å². The van der Waals surface area contributed by atoms with Crippen molar-refractivity contribution in [3.8, 4) is 0 Å². The summed E-state index contributed by atoms with van der Waals surface area (Å²) in [7, 11) is 1.64. The zero-order valence-electron chi connectivity index (χ0n) is 10.1. The molecule has 0 aliphatic rings. The highest BCUT2D eigenvalue weighted by atomic mass is 16.2. The van der Waals surface area contributed by atoms with Gasteiger partial charge in [-0.3, -0.25) is 4.79 Å². The summed E-state index contributed by atoms with van der Waals surface area (Å²) in [6.07, 6.45) is 1.93. The molecule has 1 aromatic heterocycles. The third-order valence-corrected chi connectivity index (χ3v) is 2.87. The van der Waals surface area contributed by atoms with E-state index >= 15 is 0 Å². The van der Waals surface area contributed by atoms with Gasteiger partial charge >= 0.3 is 0 Å². The average molecular weight is 231 g/mol. The minimum absolute atomic E-state index is 0.00551. The van der Waals surface area contributed by atoms with Crippen molar-refractivity contribution >= 4 is 16.8 Å². The van der Waals surface area contributed by atoms with Gasteiger partial charge in [0.05, 0.1) is 6.04 Å². The zero-order valence-corrected chi connectivity index (χ0v) is 10.1. The molecule has 1 amide bonds. The van der Waals surface area contributed by atoms with E-state index in [1.165, 1.54) is 5.39 Å². The van der Waals surface area contributed by atoms with Crippen LogP contribution in [-0.4, -0.2) is 24.0 Å².